The van der Waals surface area contributed by atoms with Gasteiger partial charge in [0.25, 0.3) is 0 Å². The van der Waals surface area contributed by atoms with Gasteiger partial charge in [-0.3, -0.25) is 4.48 Å². The standard InChI is InChI=1S/C13H21N2O2.HI/c1-4-15(5-2)12-7-6-10(17-3)8-11(12)14-13(15)9-16;/h6-8,13-14,16H,4-5,9H2,1-3H3;1H/q+1;/p-1. The molecule has 0 bridgehead atoms. The van der Waals surface area contributed by atoms with E-state index in [9.17, 15) is 5.11 Å². The average molecular weight is 364 g/mol. The topological polar surface area (TPSA) is 41.5 Å². The summed E-state index contributed by atoms with van der Waals surface area (Å²) in [7, 11) is 1.67. The highest BCUT2D eigenvalue weighted by Crippen LogP contribution is 2.42. The number of benzene rings is 1. The fraction of sp³-hybridized carbons (Fsp3) is 0.538. The highest BCUT2D eigenvalue weighted by molar-refractivity contribution is 5.75. The van der Waals surface area contributed by atoms with E-state index in [-0.39, 0.29) is 36.7 Å². The number of ether oxygens (including phenoxy) is 1. The SMILES string of the molecule is CC[N+]1(CC)c2ccc(OC)cc2NC1CO.[I-]. The molecule has 18 heavy (non-hydrogen) atoms. The Kier molecular flexibility index (Phi) is 5.24. The van der Waals surface area contributed by atoms with Gasteiger partial charge in [-0.2, -0.15) is 0 Å². The highest BCUT2D eigenvalue weighted by Gasteiger charge is 2.43. The Bertz CT molecular complexity index is 408. The van der Waals surface area contributed by atoms with Gasteiger partial charge in [-0.05, 0) is 19.9 Å². The van der Waals surface area contributed by atoms with Gasteiger partial charge in [-0.1, -0.05) is 0 Å². The number of aliphatic hydroxyl groups excluding tert-OH is 1. The summed E-state index contributed by atoms with van der Waals surface area (Å²) in [6, 6.07) is 6.09. The van der Waals surface area contributed by atoms with E-state index in [4.69, 9.17) is 4.74 Å². The molecule has 0 saturated heterocycles. The van der Waals surface area contributed by atoms with Gasteiger partial charge >= 0.3 is 0 Å². The van der Waals surface area contributed by atoms with Crippen molar-refractivity contribution in [3.05, 3.63) is 18.2 Å². The van der Waals surface area contributed by atoms with E-state index in [0.717, 1.165) is 29.0 Å². The highest BCUT2D eigenvalue weighted by atomic mass is 127. The van der Waals surface area contributed by atoms with E-state index in [1.54, 1.807) is 7.11 Å². The van der Waals surface area contributed by atoms with Crippen LogP contribution in [0.3, 0.4) is 0 Å². The Morgan fingerprint density at radius 1 is 1.33 bits per heavy atom. The van der Waals surface area contributed by atoms with Crippen LogP contribution in [0, 0.1) is 0 Å². The van der Waals surface area contributed by atoms with Crippen LogP contribution < -0.4 is 38.5 Å². The van der Waals surface area contributed by atoms with Crippen LogP contribution >= 0.6 is 0 Å². The van der Waals surface area contributed by atoms with Crippen LogP contribution in [-0.2, 0) is 0 Å². The first-order valence-electron chi connectivity index (χ1n) is 6.14. The molecule has 0 fully saturated rings. The lowest BCUT2D eigenvalue weighted by molar-refractivity contribution is -0.00000497. The number of likely N-dealkylation sites (N-methyl/N-ethyl adjacent to an activating group) is 1. The van der Waals surface area contributed by atoms with Crippen molar-refractivity contribution >= 4 is 11.4 Å². The van der Waals surface area contributed by atoms with Crippen molar-refractivity contribution in [2.45, 2.75) is 20.0 Å². The number of anilines is 1. The van der Waals surface area contributed by atoms with Crippen molar-refractivity contribution in [1.82, 2.24) is 4.48 Å². The first-order chi connectivity index (χ1) is 8.21. The normalized spacial score (nSPS) is 19.7. The number of rotatable bonds is 4. The summed E-state index contributed by atoms with van der Waals surface area (Å²) < 4.78 is 6.02. The molecule has 0 amide bonds. The maximum atomic E-state index is 9.55. The summed E-state index contributed by atoms with van der Waals surface area (Å²) in [4.78, 5) is 0. The van der Waals surface area contributed by atoms with Gasteiger partial charge in [0, 0.05) is 12.1 Å². The fourth-order valence-corrected chi connectivity index (χ4v) is 2.82. The second-order valence-electron chi connectivity index (χ2n) is 4.39. The molecule has 0 aliphatic carbocycles. The summed E-state index contributed by atoms with van der Waals surface area (Å²) >= 11 is 0. The molecule has 1 unspecified atom stereocenters. The van der Waals surface area contributed by atoms with E-state index < -0.39 is 0 Å². The number of halogens is 1. The molecule has 1 aromatic carbocycles. The van der Waals surface area contributed by atoms with Crippen molar-refractivity contribution in [3.8, 4) is 5.75 Å². The van der Waals surface area contributed by atoms with Crippen molar-refractivity contribution < 1.29 is 33.8 Å². The predicted molar refractivity (Wildman–Crippen MR) is 70.4 cm³/mol. The third-order valence-electron chi connectivity index (χ3n) is 3.90. The number of fused-ring (bicyclic) bond motifs is 1. The molecule has 102 valence electrons. The zero-order chi connectivity index (χ0) is 12.5. The lowest BCUT2D eigenvalue weighted by Crippen LogP contribution is -3.00. The first kappa shape index (κ1) is 15.5. The third kappa shape index (κ3) is 2.19. The molecule has 1 heterocycles. The van der Waals surface area contributed by atoms with E-state index >= 15 is 0 Å². The van der Waals surface area contributed by atoms with Crippen molar-refractivity contribution in [3.63, 3.8) is 0 Å². The smallest absolute Gasteiger partial charge is 0.190 e. The molecule has 0 aromatic heterocycles. The molecule has 1 aromatic rings. The molecule has 1 atom stereocenters. The number of aliphatic hydroxyl groups is 1. The van der Waals surface area contributed by atoms with Gasteiger partial charge in [0.1, 0.15) is 18.0 Å². The number of quaternary nitrogens is 1. The monoisotopic (exact) mass is 364 g/mol. The van der Waals surface area contributed by atoms with Gasteiger partial charge in [0.15, 0.2) is 11.9 Å². The molecule has 0 spiro atoms. The number of nitrogens with one attached hydrogen (secondary N) is 1. The zero-order valence-electron chi connectivity index (χ0n) is 11.1. The van der Waals surface area contributed by atoms with Crippen LogP contribution in [0.25, 0.3) is 0 Å². The van der Waals surface area contributed by atoms with Crippen LogP contribution in [-0.4, -0.2) is 38.1 Å². The minimum absolute atomic E-state index is 0. The number of hydrogen-bond donors (Lipinski definition) is 2. The van der Waals surface area contributed by atoms with Crippen LogP contribution in [0.5, 0.6) is 5.75 Å². The van der Waals surface area contributed by atoms with Crippen molar-refractivity contribution in [1.29, 1.82) is 0 Å². The van der Waals surface area contributed by atoms with Crippen molar-refractivity contribution in [2.24, 2.45) is 0 Å². The molecule has 2 N–H and O–H groups in total. The summed E-state index contributed by atoms with van der Waals surface area (Å²) in [5.74, 6) is 0.847. The summed E-state index contributed by atoms with van der Waals surface area (Å²) in [5, 5.41) is 12.9. The Morgan fingerprint density at radius 2 is 2.00 bits per heavy atom. The lowest BCUT2D eigenvalue weighted by Gasteiger charge is -2.36. The number of nitrogens with zero attached hydrogens (tertiary/aromatic N) is 1. The van der Waals surface area contributed by atoms with Crippen LogP contribution in [0.4, 0.5) is 11.4 Å². The number of methoxy groups -OCH3 is 1. The molecular weight excluding hydrogens is 343 g/mol. The third-order valence-corrected chi connectivity index (χ3v) is 3.90. The molecule has 0 radical (unpaired) electrons. The van der Waals surface area contributed by atoms with Gasteiger partial charge in [-0.15, -0.1) is 0 Å². The summed E-state index contributed by atoms with van der Waals surface area (Å²) in [6.07, 6.45) is 0.0482. The molecule has 0 saturated carbocycles. The molecular formula is C13H21IN2O2. The van der Waals surface area contributed by atoms with Crippen molar-refractivity contribution in [2.75, 3.05) is 32.1 Å². The quantitative estimate of drug-likeness (QED) is 0.521. The minimum Gasteiger partial charge on any atom is -1.00 e. The van der Waals surface area contributed by atoms with E-state index in [0.29, 0.717) is 0 Å². The molecule has 1 aliphatic rings. The maximum absolute atomic E-state index is 9.55. The lowest BCUT2D eigenvalue weighted by atomic mass is 10.2. The minimum atomic E-state index is 0. The Morgan fingerprint density at radius 3 is 2.50 bits per heavy atom. The Balaban J connectivity index is 0.00000162. The second-order valence-corrected chi connectivity index (χ2v) is 4.39. The Labute approximate surface area is 126 Å². The second kappa shape index (κ2) is 6.08. The average Bonchev–Trinajstić information content (AvgIpc) is 2.71. The first-order valence-corrected chi connectivity index (χ1v) is 6.14. The van der Waals surface area contributed by atoms with Crippen LogP contribution in [0.2, 0.25) is 0 Å². The van der Waals surface area contributed by atoms with E-state index in [1.165, 1.54) is 5.69 Å². The van der Waals surface area contributed by atoms with Crippen LogP contribution in [0.15, 0.2) is 18.2 Å². The van der Waals surface area contributed by atoms with E-state index in [2.05, 4.69) is 25.2 Å². The molecule has 2 rings (SSSR count). The van der Waals surface area contributed by atoms with Crippen LogP contribution in [0.1, 0.15) is 13.8 Å². The summed E-state index contributed by atoms with van der Waals surface area (Å²) in [5.41, 5.74) is 2.32. The molecule has 1 aliphatic heterocycles. The Hall–Kier alpha value is -0.530. The van der Waals surface area contributed by atoms with E-state index in [1.807, 2.05) is 12.1 Å². The number of hydrogen-bond acceptors (Lipinski definition) is 3. The predicted octanol–water partition coefficient (Wildman–Crippen LogP) is -1.21. The largest absolute Gasteiger partial charge is 1.00 e. The maximum Gasteiger partial charge on any atom is 0.190 e. The van der Waals surface area contributed by atoms with Gasteiger partial charge in [0.05, 0.1) is 20.2 Å². The zero-order valence-corrected chi connectivity index (χ0v) is 13.3. The molecule has 5 heteroatoms. The molecule has 4 nitrogen and oxygen atoms in total. The van der Waals surface area contributed by atoms with Gasteiger partial charge in [0.2, 0.25) is 0 Å². The van der Waals surface area contributed by atoms with Gasteiger partial charge in [-0.25, -0.2) is 0 Å². The fourth-order valence-electron chi connectivity index (χ4n) is 2.82. The summed E-state index contributed by atoms with van der Waals surface area (Å²) in [6.45, 7) is 6.39. The van der Waals surface area contributed by atoms with Gasteiger partial charge < -0.3 is 39.1 Å².